The number of rotatable bonds is 5. The van der Waals surface area contributed by atoms with Crippen LogP contribution in [0.2, 0.25) is 0 Å². The topological polar surface area (TPSA) is 97.3 Å². The van der Waals surface area contributed by atoms with Gasteiger partial charge < -0.3 is 15.1 Å². The highest BCUT2D eigenvalue weighted by Crippen LogP contribution is 2.29. The zero-order chi connectivity index (χ0) is 21.3. The first-order valence-electron chi connectivity index (χ1n) is 8.78. The largest absolute Gasteiger partial charge is 0.461 e. The lowest BCUT2D eigenvalue weighted by Gasteiger charge is -2.09. The fourth-order valence-corrected chi connectivity index (χ4v) is 2.80. The first-order chi connectivity index (χ1) is 14.4. The normalized spacial score (nSPS) is 11.6. The second kappa shape index (κ2) is 7.50. The minimum Gasteiger partial charge on any atom is -0.461 e. The van der Waals surface area contributed by atoms with Gasteiger partial charge in [0.2, 0.25) is 11.8 Å². The van der Waals surface area contributed by atoms with E-state index < -0.39 is 17.6 Å². The highest BCUT2D eigenvalue weighted by Gasteiger charge is 2.30. The van der Waals surface area contributed by atoms with E-state index in [0.29, 0.717) is 17.3 Å². The van der Waals surface area contributed by atoms with Crippen molar-refractivity contribution in [2.45, 2.75) is 12.7 Å². The van der Waals surface area contributed by atoms with E-state index >= 15 is 0 Å². The zero-order valence-electron chi connectivity index (χ0n) is 15.6. The van der Waals surface area contributed by atoms with Crippen molar-refractivity contribution in [3.8, 4) is 11.6 Å². The molecule has 2 N–H and O–H groups in total. The molecule has 0 fully saturated rings. The van der Waals surface area contributed by atoms with Gasteiger partial charge in [0.25, 0.3) is 5.91 Å². The van der Waals surface area contributed by atoms with Crippen molar-refractivity contribution in [2.75, 3.05) is 12.4 Å². The Morgan fingerprint density at radius 1 is 1.20 bits per heavy atom. The van der Waals surface area contributed by atoms with Gasteiger partial charge in [-0.3, -0.25) is 4.79 Å². The van der Waals surface area contributed by atoms with E-state index in [0.717, 1.165) is 12.1 Å². The van der Waals surface area contributed by atoms with E-state index in [1.807, 2.05) is 0 Å². The number of carbonyl (C=O) groups excluding carboxylic acids is 1. The van der Waals surface area contributed by atoms with Crippen LogP contribution >= 0.6 is 0 Å². The van der Waals surface area contributed by atoms with Crippen LogP contribution in [0.3, 0.4) is 0 Å². The fraction of sp³-hybridized carbons (Fsp3) is 0.158. The molecule has 0 aliphatic rings. The van der Waals surface area contributed by atoms with Gasteiger partial charge in [0.1, 0.15) is 5.56 Å². The number of amides is 1. The SMILES string of the molecule is CNc1ncc(C(=O)NCc2ccc(C(F)(F)F)cc2)c2nc(-c3ccco3)nn12. The molecule has 154 valence electrons. The number of furan rings is 1. The van der Waals surface area contributed by atoms with Gasteiger partial charge >= 0.3 is 6.18 Å². The van der Waals surface area contributed by atoms with E-state index in [1.54, 1.807) is 19.2 Å². The Labute approximate surface area is 167 Å². The average Bonchev–Trinajstić information content (AvgIpc) is 3.40. The molecule has 0 aliphatic heterocycles. The lowest BCUT2D eigenvalue weighted by Crippen LogP contribution is -2.24. The van der Waals surface area contributed by atoms with Crippen molar-refractivity contribution in [3.05, 3.63) is 65.5 Å². The molecule has 30 heavy (non-hydrogen) atoms. The van der Waals surface area contributed by atoms with Crippen LogP contribution in [0.15, 0.2) is 53.3 Å². The highest BCUT2D eigenvalue weighted by atomic mass is 19.4. The van der Waals surface area contributed by atoms with Crippen molar-refractivity contribution < 1.29 is 22.4 Å². The first kappa shape index (κ1) is 19.4. The second-order valence-corrected chi connectivity index (χ2v) is 6.27. The predicted molar refractivity (Wildman–Crippen MR) is 101 cm³/mol. The number of hydrogen-bond donors (Lipinski definition) is 2. The molecule has 0 atom stereocenters. The Morgan fingerprint density at radius 2 is 1.97 bits per heavy atom. The molecular formula is C19H15F3N6O2. The van der Waals surface area contributed by atoms with E-state index in [2.05, 4.69) is 25.7 Å². The molecule has 0 aliphatic carbocycles. The number of alkyl halides is 3. The standard InChI is InChI=1S/C19H15F3N6O2/c1-23-18-25-10-13(16-26-15(27-28(16)18)14-3-2-8-30-14)17(29)24-9-11-4-6-12(7-5-11)19(20,21)22/h2-8,10H,9H2,1H3,(H,23,25)(H,24,29). The maximum atomic E-state index is 12.7. The number of nitrogens with one attached hydrogen (secondary N) is 2. The van der Waals surface area contributed by atoms with Crippen LogP contribution in [0.5, 0.6) is 0 Å². The van der Waals surface area contributed by atoms with E-state index in [4.69, 9.17) is 4.42 Å². The maximum Gasteiger partial charge on any atom is 0.416 e. The number of halogens is 3. The van der Waals surface area contributed by atoms with Crippen LogP contribution in [0.1, 0.15) is 21.5 Å². The number of nitrogens with zero attached hydrogens (tertiary/aromatic N) is 4. The van der Waals surface area contributed by atoms with Crippen LogP contribution in [0.25, 0.3) is 17.2 Å². The van der Waals surface area contributed by atoms with Crippen molar-refractivity contribution in [1.29, 1.82) is 0 Å². The van der Waals surface area contributed by atoms with Crippen molar-refractivity contribution >= 4 is 17.5 Å². The molecule has 8 nitrogen and oxygen atoms in total. The van der Waals surface area contributed by atoms with Crippen molar-refractivity contribution in [1.82, 2.24) is 24.9 Å². The molecule has 3 aromatic heterocycles. The number of anilines is 1. The van der Waals surface area contributed by atoms with Crippen LogP contribution < -0.4 is 10.6 Å². The number of fused-ring (bicyclic) bond motifs is 1. The Hall–Kier alpha value is -3.89. The zero-order valence-corrected chi connectivity index (χ0v) is 15.6. The lowest BCUT2D eigenvalue weighted by atomic mass is 10.1. The molecular weight excluding hydrogens is 401 g/mol. The molecule has 4 rings (SSSR count). The fourth-order valence-electron chi connectivity index (χ4n) is 2.80. The van der Waals surface area contributed by atoms with E-state index in [9.17, 15) is 18.0 Å². The average molecular weight is 416 g/mol. The van der Waals surface area contributed by atoms with Gasteiger partial charge in [-0.1, -0.05) is 12.1 Å². The molecule has 0 spiro atoms. The van der Waals surface area contributed by atoms with Gasteiger partial charge in [-0.05, 0) is 29.8 Å². The minimum atomic E-state index is -4.41. The van der Waals surface area contributed by atoms with Crippen molar-refractivity contribution in [3.63, 3.8) is 0 Å². The summed E-state index contributed by atoms with van der Waals surface area (Å²) in [7, 11) is 1.65. The van der Waals surface area contributed by atoms with Crippen LogP contribution in [0.4, 0.5) is 19.1 Å². The van der Waals surface area contributed by atoms with Crippen LogP contribution in [0, 0.1) is 0 Å². The molecule has 1 amide bonds. The van der Waals surface area contributed by atoms with E-state index in [1.165, 1.54) is 29.1 Å². The molecule has 0 saturated carbocycles. The molecule has 11 heteroatoms. The second-order valence-electron chi connectivity index (χ2n) is 6.27. The summed E-state index contributed by atoms with van der Waals surface area (Å²) >= 11 is 0. The Kier molecular flexibility index (Phi) is 4.86. The summed E-state index contributed by atoms with van der Waals surface area (Å²) in [6.07, 6.45) is -1.58. The number of benzene rings is 1. The lowest BCUT2D eigenvalue weighted by molar-refractivity contribution is -0.137. The monoisotopic (exact) mass is 416 g/mol. The Bertz CT molecular complexity index is 1180. The van der Waals surface area contributed by atoms with Gasteiger partial charge in [0.15, 0.2) is 11.4 Å². The Morgan fingerprint density at radius 3 is 2.60 bits per heavy atom. The van der Waals surface area contributed by atoms with Crippen LogP contribution in [-0.4, -0.2) is 32.5 Å². The van der Waals surface area contributed by atoms with Gasteiger partial charge in [0.05, 0.1) is 11.8 Å². The third-order valence-corrected chi connectivity index (χ3v) is 4.31. The molecule has 3 heterocycles. The van der Waals surface area contributed by atoms with Gasteiger partial charge in [-0.2, -0.15) is 17.7 Å². The molecule has 4 aromatic rings. The summed E-state index contributed by atoms with van der Waals surface area (Å²) in [5, 5.41) is 9.85. The third kappa shape index (κ3) is 3.69. The molecule has 0 radical (unpaired) electrons. The summed E-state index contributed by atoms with van der Waals surface area (Å²) in [6.45, 7) is 0.0378. The molecule has 0 bridgehead atoms. The summed E-state index contributed by atoms with van der Waals surface area (Å²) < 4.78 is 44.7. The summed E-state index contributed by atoms with van der Waals surface area (Å²) in [4.78, 5) is 21.2. The number of hydrogen-bond acceptors (Lipinski definition) is 6. The van der Waals surface area contributed by atoms with Gasteiger partial charge in [-0.15, -0.1) is 5.10 Å². The van der Waals surface area contributed by atoms with Gasteiger partial charge in [-0.25, -0.2) is 9.97 Å². The molecule has 0 saturated heterocycles. The summed E-state index contributed by atoms with van der Waals surface area (Å²) in [5.74, 6) is 0.584. The highest BCUT2D eigenvalue weighted by molar-refractivity contribution is 5.99. The number of carbonyl (C=O) groups is 1. The third-order valence-electron chi connectivity index (χ3n) is 4.31. The summed E-state index contributed by atoms with van der Waals surface area (Å²) in [6, 6.07) is 7.94. The predicted octanol–water partition coefficient (Wildman–Crippen LogP) is 3.37. The first-order valence-corrected chi connectivity index (χ1v) is 8.78. The van der Waals surface area contributed by atoms with Crippen molar-refractivity contribution in [2.24, 2.45) is 0 Å². The number of aromatic nitrogens is 4. The molecule has 0 unspecified atom stereocenters. The molecule has 1 aromatic carbocycles. The quantitative estimate of drug-likeness (QED) is 0.518. The summed E-state index contributed by atoms with van der Waals surface area (Å²) in [5.41, 5.74) is 0.182. The maximum absolute atomic E-state index is 12.7. The van der Waals surface area contributed by atoms with E-state index in [-0.39, 0.29) is 23.6 Å². The van der Waals surface area contributed by atoms with Gasteiger partial charge in [0, 0.05) is 19.8 Å². The minimum absolute atomic E-state index is 0.0378. The van der Waals surface area contributed by atoms with Crippen LogP contribution in [-0.2, 0) is 12.7 Å². The Balaban J connectivity index is 1.58. The smallest absolute Gasteiger partial charge is 0.416 e.